The number of nitrogens with one attached hydrogen (secondary N) is 3. The van der Waals surface area contributed by atoms with Gasteiger partial charge in [0.1, 0.15) is 17.7 Å². The molecule has 0 radical (unpaired) electrons. The molecule has 0 aliphatic carbocycles. The van der Waals surface area contributed by atoms with Gasteiger partial charge in [-0.3, -0.25) is 14.5 Å². The van der Waals surface area contributed by atoms with E-state index in [1.54, 1.807) is 35.4 Å². The zero-order valence-electron chi connectivity index (χ0n) is 29.6. The smallest absolute Gasteiger partial charge is 0.407 e. The van der Waals surface area contributed by atoms with E-state index in [9.17, 15) is 19.5 Å². The maximum absolute atomic E-state index is 13.9. The molecule has 3 amide bonds. The van der Waals surface area contributed by atoms with Crippen molar-refractivity contribution in [1.29, 1.82) is 0 Å². The van der Waals surface area contributed by atoms with Gasteiger partial charge in [0.05, 0.1) is 42.3 Å². The molecule has 3 aromatic heterocycles. The number of H-pyrrole nitrogens is 3. The van der Waals surface area contributed by atoms with E-state index in [0.717, 1.165) is 70.0 Å². The zero-order chi connectivity index (χ0) is 37.2. The molecule has 4 N–H and O–H groups in total. The number of tetrazole rings is 1. The third kappa shape index (κ3) is 6.83. The van der Waals surface area contributed by atoms with Crippen LogP contribution in [0.1, 0.15) is 66.8 Å². The number of carboxylic acid groups (broad SMARTS) is 1. The Balaban J connectivity index is 0.930. The van der Waals surface area contributed by atoms with Gasteiger partial charge in [-0.2, -0.15) is 5.21 Å². The van der Waals surface area contributed by atoms with E-state index < -0.39 is 12.1 Å². The fourth-order valence-corrected chi connectivity index (χ4v) is 7.58. The van der Waals surface area contributed by atoms with Crippen LogP contribution >= 0.6 is 0 Å². The lowest BCUT2D eigenvalue weighted by Crippen LogP contribution is -2.43. The molecule has 2 saturated heterocycles. The predicted molar refractivity (Wildman–Crippen MR) is 197 cm³/mol. The Bertz CT molecular complexity index is 2230. The van der Waals surface area contributed by atoms with Crippen molar-refractivity contribution in [1.82, 2.24) is 55.3 Å². The molecule has 8 rings (SSSR count). The first-order chi connectivity index (χ1) is 26.3. The Morgan fingerprint density at radius 1 is 0.778 bits per heavy atom. The van der Waals surface area contributed by atoms with E-state index >= 15 is 0 Å². The van der Waals surface area contributed by atoms with Crippen LogP contribution in [0.25, 0.3) is 33.6 Å². The molecule has 5 heterocycles. The second kappa shape index (κ2) is 14.8. The Morgan fingerprint density at radius 2 is 1.31 bits per heavy atom. The van der Waals surface area contributed by atoms with Crippen LogP contribution < -0.4 is 0 Å². The van der Waals surface area contributed by atoms with Crippen LogP contribution in [0.4, 0.5) is 4.79 Å². The number of rotatable bonds is 10. The Labute approximate surface area is 310 Å². The molecule has 0 saturated carbocycles. The van der Waals surface area contributed by atoms with E-state index in [0.29, 0.717) is 30.3 Å². The van der Waals surface area contributed by atoms with Crippen molar-refractivity contribution >= 4 is 17.9 Å². The number of hydrogen-bond acceptors (Lipinski definition) is 8. The third-order valence-electron chi connectivity index (χ3n) is 10.4. The Hall–Kier alpha value is -6.64. The number of likely N-dealkylation sites (tertiary alicyclic amines) is 2. The summed E-state index contributed by atoms with van der Waals surface area (Å²) in [4.78, 5) is 59.7. The van der Waals surface area contributed by atoms with Crippen molar-refractivity contribution in [3.8, 4) is 33.6 Å². The molecule has 15 heteroatoms. The molecule has 2 aliphatic heterocycles. The summed E-state index contributed by atoms with van der Waals surface area (Å²) in [6.45, 7) is 1.19. The largest absolute Gasteiger partial charge is 0.465 e. The van der Waals surface area contributed by atoms with E-state index in [1.807, 2.05) is 29.3 Å². The van der Waals surface area contributed by atoms with Gasteiger partial charge in [0.2, 0.25) is 5.91 Å². The van der Waals surface area contributed by atoms with Gasteiger partial charge in [-0.1, -0.05) is 84.1 Å². The van der Waals surface area contributed by atoms with Crippen LogP contribution in [0.15, 0.2) is 91.3 Å². The molecule has 0 spiro atoms. The van der Waals surface area contributed by atoms with Gasteiger partial charge in [-0.15, -0.1) is 10.2 Å². The maximum atomic E-state index is 13.9. The standard InChI is InChI=1S/C39H39N11O4/c1-48(39(53)54)35(28-7-3-2-4-8-28)38(52)50-20-6-10-32(50)37-41-23-30(43-37)27-17-13-25(14-18-27)24-11-15-26(16-12-24)29-22-40-36(42-29)31-9-5-19-49(31)34(51)21-33-44-46-47-45-33/h2-4,7-8,11-18,22-23,31-32,35H,5-6,9-10,19-21H2,1H3,(H,40,42)(H,41,43)(H,53,54)(H,44,45,46,47)/t31-,32-,35+/m0/s1. The summed E-state index contributed by atoms with van der Waals surface area (Å²) in [6, 6.07) is 24.1. The van der Waals surface area contributed by atoms with Gasteiger partial charge < -0.3 is 24.9 Å². The number of aromatic amines is 3. The minimum atomic E-state index is -1.17. The molecule has 3 aromatic carbocycles. The lowest BCUT2D eigenvalue weighted by Gasteiger charge is -2.32. The minimum absolute atomic E-state index is 0.0486. The van der Waals surface area contributed by atoms with Crippen molar-refractivity contribution in [3.05, 3.63) is 114 Å². The second-order valence-corrected chi connectivity index (χ2v) is 13.7. The highest BCUT2D eigenvalue weighted by Crippen LogP contribution is 2.36. The van der Waals surface area contributed by atoms with Crippen molar-refractivity contribution < 1.29 is 19.5 Å². The van der Waals surface area contributed by atoms with Crippen molar-refractivity contribution in [2.75, 3.05) is 20.1 Å². The summed E-state index contributed by atoms with van der Waals surface area (Å²) in [6.07, 6.45) is 5.79. The van der Waals surface area contributed by atoms with Gasteiger partial charge in [0, 0.05) is 20.1 Å². The highest BCUT2D eigenvalue weighted by Gasteiger charge is 2.39. The summed E-state index contributed by atoms with van der Waals surface area (Å²) in [5.41, 5.74) is 6.41. The van der Waals surface area contributed by atoms with Gasteiger partial charge >= 0.3 is 6.09 Å². The highest BCUT2D eigenvalue weighted by molar-refractivity contribution is 5.87. The van der Waals surface area contributed by atoms with E-state index in [2.05, 4.69) is 77.0 Å². The lowest BCUT2D eigenvalue weighted by molar-refractivity contribution is -0.137. The predicted octanol–water partition coefficient (Wildman–Crippen LogP) is 5.57. The van der Waals surface area contributed by atoms with Crippen LogP contribution in [0.2, 0.25) is 0 Å². The molecule has 54 heavy (non-hydrogen) atoms. The number of likely N-dealkylation sites (N-methyl/N-ethyl adjacent to an activating group) is 1. The fraction of sp³-hybridized carbons (Fsp3) is 0.282. The summed E-state index contributed by atoms with van der Waals surface area (Å²) < 4.78 is 0. The van der Waals surface area contributed by atoms with E-state index in [-0.39, 0.29) is 30.3 Å². The number of carbonyl (C=O) groups excluding carboxylic acids is 2. The lowest BCUT2D eigenvalue weighted by atomic mass is 10.0. The normalized spacial score (nSPS) is 17.5. The SMILES string of the molecule is CN(C(=O)O)[C@@H](C(=O)N1CCC[C@H]1c1ncc(-c2ccc(-c3ccc(-c4cnc([C@@H]5CCCN5C(=O)Cc5nn[nH]n5)[nH]4)cc3)cc2)[nH]1)c1ccccc1. The van der Waals surface area contributed by atoms with Crippen LogP contribution in [-0.2, 0) is 16.0 Å². The summed E-state index contributed by atoms with van der Waals surface area (Å²) in [5.74, 6) is 1.51. The van der Waals surface area contributed by atoms with Gasteiger partial charge in [-0.05, 0) is 53.5 Å². The highest BCUT2D eigenvalue weighted by atomic mass is 16.4. The summed E-state index contributed by atoms with van der Waals surface area (Å²) in [7, 11) is 1.43. The number of benzene rings is 3. The zero-order valence-corrected chi connectivity index (χ0v) is 29.6. The van der Waals surface area contributed by atoms with Crippen LogP contribution in [0.5, 0.6) is 0 Å². The fourth-order valence-electron chi connectivity index (χ4n) is 7.58. The first-order valence-electron chi connectivity index (χ1n) is 18.0. The van der Waals surface area contributed by atoms with Crippen molar-refractivity contribution in [3.63, 3.8) is 0 Å². The topological polar surface area (TPSA) is 193 Å². The molecular formula is C39H39N11O4. The molecular weight excluding hydrogens is 687 g/mol. The molecule has 15 nitrogen and oxygen atoms in total. The van der Waals surface area contributed by atoms with Gasteiger partial charge in [0.15, 0.2) is 5.82 Å². The Morgan fingerprint density at radius 3 is 1.85 bits per heavy atom. The van der Waals surface area contributed by atoms with Crippen molar-refractivity contribution in [2.24, 2.45) is 0 Å². The van der Waals surface area contributed by atoms with Crippen LogP contribution in [0, 0.1) is 0 Å². The molecule has 3 atom stereocenters. The van der Waals surface area contributed by atoms with Gasteiger partial charge in [-0.25, -0.2) is 14.8 Å². The van der Waals surface area contributed by atoms with Gasteiger partial charge in [0.25, 0.3) is 5.91 Å². The van der Waals surface area contributed by atoms with Crippen LogP contribution in [0.3, 0.4) is 0 Å². The van der Waals surface area contributed by atoms with E-state index in [4.69, 9.17) is 0 Å². The molecule has 6 aromatic rings. The Kier molecular flexibility index (Phi) is 9.42. The number of amides is 3. The third-order valence-corrected chi connectivity index (χ3v) is 10.4. The number of carbonyl (C=O) groups is 3. The number of nitrogens with zero attached hydrogens (tertiary/aromatic N) is 8. The molecule has 0 unspecified atom stereocenters. The van der Waals surface area contributed by atoms with Crippen molar-refractivity contribution in [2.45, 2.75) is 50.2 Å². The summed E-state index contributed by atoms with van der Waals surface area (Å²) >= 11 is 0. The molecule has 2 aliphatic rings. The number of aromatic nitrogens is 8. The second-order valence-electron chi connectivity index (χ2n) is 13.7. The van der Waals surface area contributed by atoms with Crippen LogP contribution in [-0.4, -0.2) is 98.4 Å². The summed E-state index contributed by atoms with van der Waals surface area (Å²) in [5, 5.41) is 23.5. The number of imidazole rings is 2. The monoisotopic (exact) mass is 725 g/mol. The van der Waals surface area contributed by atoms with E-state index in [1.165, 1.54) is 7.05 Å². The minimum Gasteiger partial charge on any atom is -0.465 e. The number of hydrogen-bond donors (Lipinski definition) is 4. The quantitative estimate of drug-likeness (QED) is 0.140. The average Bonchev–Trinajstić information content (AvgIpc) is 4.05. The maximum Gasteiger partial charge on any atom is 0.407 e. The average molecular weight is 726 g/mol. The first-order valence-corrected chi connectivity index (χ1v) is 18.0. The first kappa shape index (κ1) is 34.4. The molecule has 274 valence electrons. The molecule has 2 fully saturated rings. The molecule has 0 bridgehead atoms.